The lowest BCUT2D eigenvalue weighted by Gasteiger charge is -2.36. The Morgan fingerprint density at radius 2 is 2.30 bits per heavy atom. The quantitative estimate of drug-likeness (QED) is 0.554. The van der Waals surface area contributed by atoms with E-state index in [1.54, 1.807) is 17.0 Å². The Kier molecular flexibility index (Phi) is 4.59. The first-order chi connectivity index (χ1) is 9.55. The third-order valence-electron chi connectivity index (χ3n) is 3.45. The normalized spacial score (nSPS) is 22.7. The van der Waals surface area contributed by atoms with Crippen molar-refractivity contribution in [3.8, 4) is 0 Å². The number of morpholine rings is 1. The number of aryl methyl sites for hydroxylation is 1. The maximum atomic E-state index is 12.5. The number of carbonyl (C=O) groups is 1. The Labute approximate surface area is 118 Å². The number of aliphatic hydroxyl groups is 1. The van der Waals surface area contributed by atoms with Crippen molar-refractivity contribution in [2.75, 3.05) is 25.1 Å². The van der Waals surface area contributed by atoms with Crippen molar-refractivity contribution in [1.82, 2.24) is 4.90 Å². The van der Waals surface area contributed by atoms with Gasteiger partial charge in [-0.05, 0) is 37.6 Å². The molecule has 0 aromatic heterocycles. The number of benzene rings is 1. The van der Waals surface area contributed by atoms with E-state index in [9.17, 15) is 9.90 Å². The van der Waals surface area contributed by atoms with Crippen molar-refractivity contribution in [1.29, 1.82) is 0 Å². The minimum Gasteiger partial charge on any atom is -0.394 e. The highest BCUT2D eigenvalue weighted by Gasteiger charge is 2.28. The highest BCUT2D eigenvalue weighted by molar-refractivity contribution is 5.95. The molecule has 0 spiro atoms. The van der Waals surface area contributed by atoms with Gasteiger partial charge in [0.25, 0.3) is 5.91 Å². The van der Waals surface area contributed by atoms with E-state index in [4.69, 9.17) is 10.6 Å². The molecule has 110 valence electrons. The topological polar surface area (TPSA) is 87.8 Å². The zero-order valence-electron chi connectivity index (χ0n) is 11.8. The summed E-state index contributed by atoms with van der Waals surface area (Å²) in [5.41, 5.74) is 4.92. The number of nitrogens with two attached hydrogens (primary N) is 1. The lowest BCUT2D eigenvalue weighted by molar-refractivity contribution is -0.0858. The van der Waals surface area contributed by atoms with E-state index in [0.717, 1.165) is 11.3 Å². The van der Waals surface area contributed by atoms with Crippen molar-refractivity contribution in [2.24, 2.45) is 5.84 Å². The van der Waals surface area contributed by atoms with Crippen LogP contribution in [0.3, 0.4) is 0 Å². The van der Waals surface area contributed by atoms with Gasteiger partial charge in [-0.15, -0.1) is 0 Å². The largest absolute Gasteiger partial charge is 0.394 e. The van der Waals surface area contributed by atoms with E-state index < -0.39 is 0 Å². The number of hydrogen-bond donors (Lipinski definition) is 3. The molecule has 6 heteroatoms. The first kappa shape index (κ1) is 14.8. The fourth-order valence-corrected chi connectivity index (χ4v) is 2.45. The Bertz CT molecular complexity index is 493. The second kappa shape index (κ2) is 6.21. The molecule has 0 bridgehead atoms. The van der Waals surface area contributed by atoms with Gasteiger partial charge in [-0.2, -0.15) is 0 Å². The minimum atomic E-state index is -0.311. The van der Waals surface area contributed by atoms with Gasteiger partial charge in [0.15, 0.2) is 0 Å². The van der Waals surface area contributed by atoms with E-state index in [2.05, 4.69) is 5.43 Å². The monoisotopic (exact) mass is 279 g/mol. The molecule has 1 saturated heterocycles. The van der Waals surface area contributed by atoms with Gasteiger partial charge in [-0.25, -0.2) is 0 Å². The van der Waals surface area contributed by atoms with E-state index in [-0.39, 0.29) is 24.7 Å². The van der Waals surface area contributed by atoms with Crippen molar-refractivity contribution in [2.45, 2.75) is 26.1 Å². The van der Waals surface area contributed by atoms with Crippen LogP contribution in [-0.4, -0.2) is 47.8 Å². The molecule has 1 aliphatic rings. The summed E-state index contributed by atoms with van der Waals surface area (Å²) in [6, 6.07) is 5.35. The number of nitrogen functional groups attached to an aromatic ring is 1. The lowest BCUT2D eigenvalue weighted by Crippen LogP contribution is -2.50. The summed E-state index contributed by atoms with van der Waals surface area (Å²) in [5.74, 6) is 5.33. The predicted octanol–water partition coefficient (Wildman–Crippen LogP) is 0.502. The molecule has 20 heavy (non-hydrogen) atoms. The maximum absolute atomic E-state index is 12.5. The smallest absolute Gasteiger partial charge is 0.254 e. The molecular formula is C14H21N3O3. The van der Waals surface area contributed by atoms with E-state index in [1.165, 1.54) is 0 Å². The number of rotatable bonds is 3. The maximum Gasteiger partial charge on any atom is 0.254 e. The SMILES string of the molecule is Cc1cc(C(=O)N2CC(C)OC(CO)C2)ccc1NN. The van der Waals surface area contributed by atoms with Crippen molar-refractivity contribution in [3.63, 3.8) is 0 Å². The highest BCUT2D eigenvalue weighted by Crippen LogP contribution is 2.19. The van der Waals surface area contributed by atoms with Crippen LogP contribution in [0, 0.1) is 6.92 Å². The number of anilines is 1. The van der Waals surface area contributed by atoms with Crippen LogP contribution < -0.4 is 11.3 Å². The zero-order chi connectivity index (χ0) is 14.7. The number of nitrogens with zero attached hydrogens (tertiary/aromatic N) is 1. The number of hydrazine groups is 1. The lowest BCUT2D eigenvalue weighted by atomic mass is 10.1. The zero-order valence-corrected chi connectivity index (χ0v) is 11.8. The molecule has 1 amide bonds. The Morgan fingerprint density at radius 3 is 2.90 bits per heavy atom. The van der Waals surface area contributed by atoms with Crippen LogP contribution in [0.4, 0.5) is 5.69 Å². The molecule has 4 N–H and O–H groups in total. The Morgan fingerprint density at radius 1 is 1.55 bits per heavy atom. The fraction of sp³-hybridized carbons (Fsp3) is 0.500. The summed E-state index contributed by atoms with van der Waals surface area (Å²) in [4.78, 5) is 14.2. The highest BCUT2D eigenvalue weighted by atomic mass is 16.5. The van der Waals surface area contributed by atoms with Gasteiger partial charge in [-0.3, -0.25) is 10.6 Å². The molecule has 1 heterocycles. The van der Waals surface area contributed by atoms with Crippen molar-refractivity contribution >= 4 is 11.6 Å². The van der Waals surface area contributed by atoms with Gasteiger partial charge in [0, 0.05) is 18.7 Å². The van der Waals surface area contributed by atoms with Gasteiger partial charge >= 0.3 is 0 Å². The van der Waals surface area contributed by atoms with Crippen LogP contribution in [0.5, 0.6) is 0 Å². The van der Waals surface area contributed by atoms with Crippen LogP contribution >= 0.6 is 0 Å². The Balaban J connectivity index is 2.16. The van der Waals surface area contributed by atoms with Gasteiger partial charge < -0.3 is 20.2 Å². The van der Waals surface area contributed by atoms with E-state index >= 15 is 0 Å². The van der Waals surface area contributed by atoms with Gasteiger partial charge in [0.05, 0.1) is 24.5 Å². The molecule has 2 unspecified atom stereocenters. The molecular weight excluding hydrogens is 258 g/mol. The Hall–Kier alpha value is -1.63. The number of hydrogen-bond acceptors (Lipinski definition) is 5. The summed E-state index contributed by atoms with van der Waals surface area (Å²) in [6.07, 6.45) is -0.385. The van der Waals surface area contributed by atoms with E-state index in [0.29, 0.717) is 18.7 Å². The van der Waals surface area contributed by atoms with Crippen LogP contribution in [0.25, 0.3) is 0 Å². The average Bonchev–Trinajstić information content (AvgIpc) is 2.45. The van der Waals surface area contributed by atoms with Crippen LogP contribution in [-0.2, 0) is 4.74 Å². The first-order valence-electron chi connectivity index (χ1n) is 6.68. The summed E-state index contributed by atoms with van der Waals surface area (Å²) in [7, 11) is 0. The fourth-order valence-electron chi connectivity index (χ4n) is 2.45. The van der Waals surface area contributed by atoms with Crippen LogP contribution in [0.2, 0.25) is 0 Å². The number of aliphatic hydroxyl groups excluding tert-OH is 1. The van der Waals surface area contributed by atoms with Crippen molar-refractivity contribution in [3.05, 3.63) is 29.3 Å². The van der Waals surface area contributed by atoms with Crippen molar-refractivity contribution < 1.29 is 14.6 Å². The summed E-state index contributed by atoms with van der Waals surface area (Å²) in [5, 5.41) is 9.21. The third kappa shape index (κ3) is 3.09. The number of amides is 1. The van der Waals surface area contributed by atoms with Crippen LogP contribution in [0.15, 0.2) is 18.2 Å². The molecule has 1 aliphatic heterocycles. The van der Waals surface area contributed by atoms with Gasteiger partial charge in [0.1, 0.15) is 0 Å². The first-order valence-corrected chi connectivity index (χ1v) is 6.68. The second-order valence-electron chi connectivity index (χ2n) is 5.14. The summed E-state index contributed by atoms with van der Waals surface area (Å²) >= 11 is 0. The number of nitrogens with one attached hydrogen (secondary N) is 1. The molecule has 0 radical (unpaired) electrons. The van der Waals surface area contributed by atoms with E-state index in [1.807, 2.05) is 19.9 Å². The second-order valence-corrected chi connectivity index (χ2v) is 5.14. The molecule has 2 rings (SSSR count). The molecule has 0 saturated carbocycles. The minimum absolute atomic E-state index is 0.0507. The van der Waals surface area contributed by atoms with Crippen LogP contribution in [0.1, 0.15) is 22.8 Å². The number of ether oxygens (including phenoxy) is 1. The standard InChI is InChI=1S/C14H21N3O3/c1-9-5-11(3-4-13(9)16-15)14(19)17-6-10(2)20-12(7-17)8-18/h3-5,10,12,16,18H,6-8,15H2,1-2H3. The van der Waals surface area contributed by atoms with Gasteiger partial charge in [0.2, 0.25) is 0 Å². The molecule has 1 aromatic rings. The van der Waals surface area contributed by atoms with Gasteiger partial charge in [-0.1, -0.05) is 0 Å². The number of carbonyl (C=O) groups excluding carboxylic acids is 1. The molecule has 1 fully saturated rings. The molecule has 6 nitrogen and oxygen atoms in total. The molecule has 2 atom stereocenters. The predicted molar refractivity (Wildman–Crippen MR) is 76.3 cm³/mol. The molecule has 0 aliphatic carbocycles. The molecule has 1 aromatic carbocycles. The third-order valence-corrected chi connectivity index (χ3v) is 3.45. The summed E-state index contributed by atoms with van der Waals surface area (Å²) in [6.45, 7) is 4.66. The average molecular weight is 279 g/mol. The summed E-state index contributed by atoms with van der Waals surface area (Å²) < 4.78 is 5.54.